The molecule has 1 aromatic rings. The van der Waals surface area contributed by atoms with E-state index in [1.807, 2.05) is 12.3 Å². The number of hydrogen-bond acceptors (Lipinski definition) is 3. The average Bonchev–Trinajstić information content (AvgIpc) is 2.74. The van der Waals surface area contributed by atoms with Gasteiger partial charge in [0.15, 0.2) is 0 Å². The first-order valence-corrected chi connectivity index (χ1v) is 6.71. The normalized spacial score (nSPS) is 33.6. The van der Waals surface area contributed by atoms with E-state index >= 15 is 0 Å². The molecular weight excluding hydrogens is 210 g/mol. The number of pyridine rings is 1. The van der Waals surface area contributed by atoms with E-state index < -0.39 is 0 Å². The van der Waals surface area contributed by atoms with Crippen molar-refractivity contribution in [1.29, 1.82) is 0 Å². The van der Waals surface area contributed by atoms with Gasteiger partial charge in [-0.25, -0.2) is 0 Å². The van der Waals surface area contributed by atoms with Gasteiger partial charge in [-0.1, -0.05) is 12.5 Å². The quantitative estimate of drug-likeness (QED) is 0.841. The molecule has 0 aromatic carbocycles. The Balaban J connectivity index is 1.64. The third-order valence-corrected chi connectivity index (χ3v) is 4.34. The van der Waals surface area contributed by atoms with Gasteiger partial charge in [0.1, 0.15) is 0 Å². The molecule has 1 saturated carbocycles. The summed E-state index contributed by atoms with van der Waals surface area (Å²) in [4.78, 5) is 6.94. The predicted octanol–water partition coefficient (Wildman–Crippen LogP) is 1.64. The summed E-state index contributed by atoms with van der Waals surface area (Å²) in [5.74, 6) is 1.56. The van der Waals surface area contributed by atoms with Crippen LogP contribution in [0.15, 0.2) is 24.4 Å². The smallest absolute Gasteiger partial charge is 0.0543 e. The van der Waals surface area contributed by atoms with Crippen LogP contribution in [-0.4, -0.2) is 29.0 Å². The molecule has 3 unspecified atom stereocenters. The van der Waals surface area contributed by atoms with E-state index in [1.165, 1.54) is 38.0 Å². The van der Waals surface area contributed by atoms with Crippen molar-refractivity contribution in [1.82, 2.24) is 9.88 Å². The number of aromatic nitrogens is 1. The molecule has 0 bridgehead atoms. The Hall–Kier alpha value is -0.930. The van der Waals surface area contributed by atoms with Crippen LogP contribution in [0.25, 0.3) is 0 Å². The lowest BCUT2D eigenvalue weighted by molar-refractivity contribution is 0.259. The summed E-state index contributed by atoms with van der Waals surface area (Å²) in [6, 6.07) is 6.59. The number of fused-ring (bicyclic) bond motifs is 1. The third-order valence-electron chi connectivity index (χ3n) is 4.34. The average molecular weight is 231 g/mol. The van der Waals surface area contributed by atoms with Gasteiger partial charge >= 0.3 is 0 Å². The second-order valence-electron chi connectivity index (χ2n) is 5.53. The SMILES string of the molecule is NC1CCCC2CN(Cc3ccccn3)CC12. The zero-order valence-electron chi connectivity index (χ0n) is 10.3. The molecule has 3 atom stereocenters. The van der Waals surface area contributed by atoms with Crippen molar-refractivity contribution in [3.8, 4) is 0 Å². The molecule has 2 fully saturated rings. The summed E-state index contributed by atoms with van der Waals surface area (Å²) in [6.45, 7) is 3.37. The maximum Gasteiger partial charge on any atom is 0.0543 e. The maximum absolute atomic E-state index is 6.23. The zero-order valence-corrected chi connectivity index (χ0v) is 10.3. The monoisotopic (exact) mass is 231 g/mol. The Morgan fingerprint density at radius 2 is 2.24 bits per heavy atom. The van der Waals surface area contributed by atoms with E-state index in [9.17, 15) is 0 Å². The molecule has 0 spiro atoms. The van der Waals surface area contributed by atoms with Crippen LogP contribution in [0.2, 0.25) is 0 Å². The topological polar surface area (TPSA) is 42.1 Å². The van der Waals surface area contributed by atoms with Gasteiger partial charge < -0.3 is 5.73 Å². The summed E-state index contributed by atoms with van der Waals surface area (Å²) in [7, 11) is 0. The van der Waals surface area contributed by atoms with Crippen molar-refractivity contribution in [3.63, 3.8) is 0 Å². The number of likely N-dealkylation sites (tertiary alicyclic amines) is 1. The first-order valence-electron chi connectivity index (χ1n) is 6.71. The van der Waals surface area contributed by atoms with E-state index in [1.54, 1.807) is 0 Å². The zero-order chi connectivity index (χ0) is 11.7. The van der Waals surface area contributed by atoms with Crippen LogP contribution in [0.3, 0.4) is 0 Å². The fourth-order valence-corrected chi connectivity index (χ4v) is 3.46. The van der Waals surface area contributed by atoms with E-state index in [0.717, 1.165) is 18.4 Å². The molecule has 2 N–H and O–H groups in total. The molecule has 1 saturated heterocycles. The number of hydrogen-bond donors (Lipinski definition) is 1. The second kappa shape index (κ2) is 4.75. The van der Waals surface area contributed by atoms with Crippen LogP contribution in [0.1, 0.15) is 25.0 Å². The highest BCUT2D eigenvalue weighted by Crippen LogP contribution is 2.35. The fourth-order valence-electron chi connectivity index (χ4n) is 3.46. The lowest BCUT2D eigenvalue weighted by atomic mass is 9.78. The van der Waals surface area contributed by atoms with Crippen molar-refractivity contribution in [2.45, 2.75) is 31.8 Å². The molecule has 1 aromatic heterocycles. The van der Waals surface area contributed by atoms with E-state index in [4.69, 9.17) is 5.73 Å². The molecule has 0 radical (unpaired) electrons. The van der Waals surface area contributed by atoms with Crippen molar-refractivity contribution in [3.05, 3.63) is 30.1 Å². The number of nitrogens with two attached hydrogens (primary N) is 1. The van der Waals surface area contributed by atoms with E-state index in [-0.39, 0.29) is 0 Å². The molecule has 1 aliphatic heterocycles. The predicted molar refractivity (Wildman–Crippen MR) is 68.3 cm³/mol. The Kier molecular flexibility index (Phi) is 3.12. The van der Waals surface area contributed by atoms with Crippen molar-refractivity contribution in [2.75, 3.05) is 13.1 Å². The Morgan fingerprint density at radius 1 is 1.29 bits per heavy atom. The van der Waals surface area contributed by atoms with Gasteiger partial charge in [-0.05, 0) is 36.8 Å². The maximum atomic E-state index is 6.23. The summed E-state index contributed by atoms with van der Waals surface area (Å²) in [5.41, 5.74) is 7.41. The molecular formula is C14H21N3. The highest BCUT2D eigenvalue weighted by molar-refractivity contribution is 5.04. The van der Waals surface area contributed by atoms with Crippen LogP contribution in [-0.2, 0) is 6.54 Å². The Morgan fingerprint density at radius 3 is 3.00 bits per heavy atom. The largest absolute Gasteiger partial charge is 0.327 e. The Bertz CT molecular complexity index is 365. The van der Waals surface area contributed by atoms with Gasteiger partial charge in [0, 0.05) is 31.9 Å². The van der Waals surface area contributed by atoms with Crippen LogP contribution in [0, 0.1) is 11.8 Å². The van der Waals surface area contributed by atoms with Crippen molar-refractivity contribution in [2.24, 2.45) is 17.6 Å². The third kappa shape index (κ3) is 2.35. The van der Waals surface area contributed by atoms with Gasteiger partial charge in [0.25, 0.3) is 0 Å². The van der Waals surface area contributed by atoms with Crippen LogP contribution >= 0.6 is 0 Å². The van der Waals surface area contributed by atoms with E-state index in [0.29, 0.717) is 6.04 Å². The highest BCUT2D eigenvalue weighted by atomic mass is 15.2. The summed E-state index contributed by atoms with van der Waals surface area (Å²) < 4.78 is 0. The summed E-state index contributed by atoms with van der Waals surface area (Å²) >= 11 is 0. The fraction of sp³-hybridized carbons (Fsp3) is 0.643. The first-order chi connectivity index (χ1) is 8.33. The van der Waals surface area contributed by atoms with Crippen LogP contribution in [0.4, 0.5) is 0 Å². The molecule has 92 valence electrons. The molecule has 3 rings (SSSR count). The summed E-state index contributed by atoms with van der Waals surface area (Å²) in [6.07, 6.45) is 5.79. The molecule has 2 heterocycles. The van der Waals surface area contributed by atoms with Crippen molar-refractivity contribution >= 4 is 0 Å². The first kappa shape index (κ1) is 11.2. The molecule has 1 aliphatic carbocycles. The molecule has 0 amide bonds. The van der Waals surface area contributed by atoms with Crippen LogP contribution < -0.4 is 5.73 Å². The minimum atomic E-state index is 0.433. The van der Waals surface area contributed by atoms with Gasteiger partial charge in [0.05, 0.1) is 5.69 Å². The lowest BCUT2D eigenvalue weighted by Crippen LogP contribution is -2.38. The molecule has 3 nitrogen and oxygen atoms in total. The van der Waals surface area contributed by atoms with Gasteiger partial charge in [-0.3, -0.25) is 9.88 Å². The van der Waals surface area contributed by atoms with Gasteiger partial charge in [0.2, 0.25) is 0 Å². The van der Waals surface area contributed by atoms with Gasteiger partial charge in [-0.15, -0.1) is 0 Å². The Labute approximate surface area is 103 Å². The van der Waals surface area contributed by atoms with E-state index in [2.05, 4.69) is 22.0 Å². The minimum absolute atomic E-state index is 0.433. The highest BCUT2D eigenvalue weighted by Gasteiger charge is 2.38. The standard InChI is InChI=1S/C14H21N3/c15-14-6-3-4-11-8-17(10-13(11)14)9-12-5-1-2-7-16-12/h1-2,5,7,11,13-14H,3-4,6,8-10,15H2. The molecule has 17 heavy (non-hydrogen) atoms. The summed E-state index contributed by atoms with van der Waals surface area (Å²) in [5, 5.41) is 0. The molecule has 2 aliphatic rings. The lowest BCUT2D eigenvalue weighted by Gasteiger charge is -2.29. The minimum Gasteiger partial charge on any atom is -0.327 e. The van der Waals surface area contributed by atoms with Crippen LogP contribution in [0.5, 0.6) is 0 Å². The van der Waals surface area contributed by atoms with Crippen molar-refractivity contribution < 1.29 is 0 Å². The molecule has 3 heteroatoms. The second-order valence-corrected chi connectivity index (χ2v) is 5.53. The van der Waals surface area contributed by atoms with Gasteiger partial charge in [-0.2, -0.15) is 0 Å². The number of nitrogens with zero attached hydrogens (tertiary/aromatic N) is 2. The number of rotatable bonds is 2.